The second kappa shape index (κ2) is 9.03. The van der Waals surface area contributed by atoms with Crippen molar-refractivity contribution in [3.8, 4) is 5.75 Å². The molecule has 0 saturated heterocycles. The van der Waals surface area contributed by atoms with Gasteiger partial charge in [-0.15, -0.1) is 0 Å². The maximum atomic E-state index is 11.2. The minimum atomic E-state index is -0.212. The number of carbonyl (C=O) groups excluding carboxylic acids is 1. The molecule has 0 amide bonds. The van der Waals surface area contributed by atoms with Crippen LogP contribution in [0.25, 0.3) is 0 Å². The molecule has 2 rings (SSSR count). The van der Waals surface area contributed by atoms with Crippen molar-refractivity contribution in [2.45, 2.75) is 19.4 Å². The molecule has 122 valence electrons. The van der Waals surface area contributed by atoms with Crippen LogP contribution in [0.5, 0.6) is 5.75 Å². The number of ether oxygens (including phenoxy) is 2. The highest BCUT2D eigenvalue weighted by atomic mass is 127. The fourth-order valence-electron chi connectivity index (χ4n) is 2.01. The highest BCUT2D eigenvalue weighted by molar-refractivity contribution is 14.1. The lowest BCUT2D eigenvalue weighted by molar-refractivity contribution is -0.140. The van der Waals surface area contributed by atoms with Crippen molar-refractivity contribution in [1.29, 1.82) is 0 Å². The third-order valence-corrected chi connectivity index (χ3v) is 5.46. The van der Waals surface area contributed by atoms with Crippen molar-refractivity contribution in [3.05, 3.63) is 60.0 Å². The fourth-order valence-corrected chi connectivity index (χ4v) is 4.06. The van der Waals surface area contributed by atoms with Crippen molar-refractivity contribution in [2.75, 3.05) is 7.11 Å². The van der Waals surface area contributed by atoms with E-state index < -0.39 is 0 Å². The summed E-state index contributed by atoms with van der Waals surface area (Å²) in [5.74, 6) is 0.544. The smallest absolute Gasteiger partial charge is 0.305 e. The van der Waals surface area contributed by atoms with E-state index in [1.807, 2.05) is 30.3 Å². The molecule has 0 spiro atoms. The molecule has 0 unspecified atom stereocenters. The molecule has 0 aliphatic rings. The summed E-state index contributed by atoms with van der Waals surface area (Å²) in [6.07, 6.45) is 0.985. The zero-order chi connectivity index (χ0) is 16.8. The standard InChI is InChI=1S/C17H15Br2IO3/c1-22-16(21)7-6-11-8-13(18)17(14(19)9-11)23-10-12-4-2-3-5-15(12)20/h2-5,8-9H,6-7,10H2,1H3. The summed E-state index contributed by atoms with van der Waals surface area (Å²) >= 11 is 9.38. The molecule has 3 nitrogen and oxygen atoms in total. The Kier molecular flexibility index (Phi) is 7.36. The summed E-state index contributed by atoms with van der Waals surface area (Å²) in [5.41, 5.74) is 2.18. The molecule has 2 aromatic rings. The molecule has 0 N–H and O–H groups in total. The first-order valence-electron chi connectivity index (χ1n) is 6.92. The van der Waals surface area contributed by atoms with Gasteiger partial charge in [0.25, 0.3) is 0 Å². The molecule has 0 radical (unpaired) electrons. The SMILES string of the molecule is COC(=O)CCc1cc(Br)c(OCc2ccccc2I)c(Br)c1. The van der Waals surface area contributed by atoms with E-state index in [1.165, 1.54) is 10.7 Å². The molecule has 0 aliphatic carbocycles. The average molecular weight is 554 g/mol. The first-order chi connectivity index (χ1) is 11.0. The molecule has 23 heavy (non-hydrogen) atoms. The molecule has 0 fully saturated rings. The van der Waals surface area contributed by atoms with Gasteiger partial charge >= 0.3 is 5.97 Å². The lowest BCUT2D eigenvalue weighted by Crippen LogP contribution is -2.03. The average Bonchev–Trinajstić information content (AvgIpc) is 2.53. The van der Waals surface area contributed by atoms with Crippen LogP contribution in [0.15, 0.2) is 45.3 Å². The van der Waals surface area contributed by atoms with Crippen LogP contribution >= 0.6 is 54.5 Å². The molecule has 0 bridgehead atoms. The first-order valence-corrected chi connectivity index (χ1v) is 9.58. The number of esters is 1. The second-order valence-corrected chi connectivity index (χ2v) is 7.72. The van der Waals surface area contributed by atoms with Crippen LogP contribution in [0.1, 0.15) is 17.5 Å². The molecule has 2 aromatic carbocycles. The molecule has 0 atom stereocenters. The quantitative estimate of drug-likeness (QED) is 0.350. The lowest BCUT2D eigenvalue weighted by atomic mass is 10.1. The van der Waals surface area contributed by atoms with Crippen LogP contribution in [-0.4, -0.2) is 13.1 Å². The van der Waals surface area contributed by atoms with Gasteiger partial charge in [0.05, 0.1) is 16.1 Å². The van der Waals surface area contributed by atoms with Crippen molar-refractivity contribution in [3.63, 3.8) is 0 Å². The molecule has 0 heterocycles. The Hall–Kier alpha value is -0.600. The van der Waals surface area contributed by atoms with Crippen LogP contribution in [-0.2, 0) is 22.6 Å². The van der Waals surface area contributed by atoms with E-state index in [2.05, 4.69) is 65.3 Å². The number of benzene rings is 2. The molecular formula is C17H15Br2IO3. The number of aryl methyl sites for hydroxylation is 1. The van der Waals surface area contributed by atoms with Gasteiger partial charge in [-0.2, -0.15) is 0 Å². The van der Waals surface area contributed by atoms with Gasteiger partial charge in [0.2, 0.25) is 0 Å². The Morgan fingerprint density at radius 2 is 1.83 bits per heavy atom. The van der Waals surface area contributed by atoms with Gasteiger partial charge in [-0.05, 0) is 84.6 Å². The van der Waals surface area contributed by atoms with E-state index in [4.69, 9.17) is 4.74 Å². The number of hydrogen-bond acceptors (Lipinski definition) is 3. The third-order valence-electron chi connectivity index (χ3n) is 3.23. The number of hydrogen-bond donors (Lipinski definition) is 0. The number of carbonyl (C=O) groups is 1. The van der Waals surface area contributed by atoms with Gasteiger partial charge in [-0.1, -0.05) is 18.2 Å². The van der Waals surface area contributed by atoms with Crippen LogP contribution in [0.3, 0.4) is 0 Å². The minimum Gasteiger partial charge on any atom is -0.486 e. The molecule has 6 heteroatoms. The van der Waals surface area contributed by atoms with E-state index >= 15 is 0 Å². The van der Waals surface area contributed by atoms with Crippen molar-refractivity contribution in [1.82, 2.24) is 0 Å². The topological polar surface area (TPSA) is 35.5 Å². The predicted molar refractivity (Wildman–Crippen MR) is 106 cm³/mol. The molecule has 0 saturated carbocycles. The second-order valence-electron chi connectivity index (χ2n) is 4.84. The summed E-state index contributed by atoms with van der Waals surface area (Å²) in [6, 6.07) is 12.1. The van der Waals surface area contributed by atoms with Gasteiger partial charge in [-0.3, -0.25) is 4.79 Å². The van der Waals surface area contributed by atoms with Gasteiger partial charge in [0, 0.05) is 15.6 Å². The Morgan fingerprint density at radius 3 is 2.43 bits per heavy atom. The first kappa shape index (κ1) is 18.7. The monoisotopic (exact) mass is 552 g/mol. The van der Waals surface area contributed by atoms with E-state index in [0.29, 0.717) is 19.4 Å². The highest BCUT2D eigenvalue weighted by Gasteiger charge is 2.11. The number of methoxy groups -OCH3 is 1. The predicted octanol–water partition coefficient (Wildman–Crippen LogP) is 5.50. The summed E-state index contributed by atoms with van der Waals surface area (Å²) in [4.78, 5) is 11.2. The number of halogens is 3. The van der Waals surface area contributed by atoms with Gasteiger partial charge in [-0.25, -0.2) is 0 Å². The zero-order valence-electron chi connectivity index (χ0n) is 12.4. The van der Waals surface area contributed by atoms with Crippen molar-refractivity contribution < 1.29 is 14.3 Å². The molecule has 0 aliphatic heterocycles. The summed E-state index contributed by atoms with van der Waals surface area (Å²) in [5, 5.41) is 0. The Morgan fingerprint density at radius 1 is 1.17 bits per heavy atom. The number of rotatable bonds is 6. The fraction of sp³-hybridized carbons (Fsp3) is 0.235. The molecule has 0 aromatic heterocycles. The van der Waals surface area contributed by atoms with E-state index in [1.54, 1.807) is 0 Å². The van der Waals surface area contributed by atoms with Crippen LogP contribution < -0.4 is 4.74 Å². The summed E-state index contributed by atoms with van der Waals surface area (Å²) < 4.78 is 13.5. The van der Waals surface area contributed by atoms with Crippen LogP contribution in [0.4, 0.5) is 0 Å². The maximum absolute atomic E-state index is 11.2. The van der Waals surface area contributed by atoms with E-state index in [0.717, 1.165) is 25.8 Å². The van der Waals surface area contributed by atoms with Crippen molar-refractivity contribution >= 4 is 60.4 Å². The minimum absolute atomic E-state index is 0.212. The normalized spacial score (nSPS) is 10.4. The van der Waals surface area contributed by atoms with Crippen LogP contribution in [0, 0.1) is 3.57 Å². The van der Waals surface area contributed by atoms with Crippen LogP contribution in [0.2, 0.25) is 0 Å². The Bertz CT molecular complexity index is 681. The lowest BCUT2D eigenvalue weighted by Gasteiger charge is -2.13. The van der Waals surface area contributed by atoms with Crippen molar-refractivity contribution in [2.24, 2.45) is 0 Å². The largest absolute Gasteiger partial charge is 0.486 e. The molecular weight excluding hydrogens is 539 g/mol. The Labute approximate surface area is 166 Å². The van der Waals surface area contributed by atoms with E-state index in [-0.39, 0.29) is 5.97 Å². The maximum Gasteiger partial charge on any atom is 0.305 e. The summed E-state index contributed by atoms with van der Waals surface area (Å²) in [6.45, 7) is 0.498. The summed E-state index contributed by atoms with van der Waals surface area (Å²) in [7, 11) is 1.40. The van der Waals surface area contributed by atoms with Gasteiger partial charge < -0.3 is 9.47 Å². The van der Waals surface area contributed by atoms with Gasteiger partial charge in [0.15, 0.2) is 0 Å². The van der Waals surface area contributed by atoms with Gasteiger partial charge in [0.1, 0.15) is 12.4 Å². The van der Waals surface area contributed by atoms with E-state index in [9.17, 15) is 4.79 Å². The Balaban J connectivity index is 2.08. The zero-order valence-corrected chi connectivity index (χ0v) is 17.8. The highest BCUT2D eigenvalue weighted by Crippen LogP contribution is 2.35. The third kappa shape index (κ3) is 5.46.